The number of benzene rings is 2. The molecule has 0 aliphatic heterocycles. The number of methoxy groups -OCH3 is 1. The average molecular weight is 375 g/mol. The smallest absolute Gasteiger partial charge is 0.337 e. The molecular formula is C18H17NO6S. The molecule has 0 bridgehead atoms. The Kier molecular flexibility index (Phi) is 6.74. The van der Waals surface area contributed by atoms with Gasteiger partial charge in [0.05, 0.1) is 17.6 Å². The van der Waals surface area contributed by atoms with E-state index in [9.17, 15) is 19.7 Å². The van der Waals surface area contributed by atoms with Crippen LogP contribution in [0.15, 0.2) is 53.4 Å². The quantitative estimate of drug-likeness (QED) is 0.316. The number of carbonyl (C=O) groups excluding carboxylic acids is 2. The number of non-ortho nitro benzene ring substituents is 1. The molecule has 0 heterocycles. The monoisotopic (exact) mass is 375 g/mol. The Labute approximate surface area is 154 Å². The Morgan fingerprint density at radius 1 is 1.12 bits per heavy atom. The number of nitro groups is 1. The van der Waals surface area contributed by atoms with Crippen LogP contribution in [0.4, 0.5) is 5.69 Å². The molecule has 0 aliphatic rings. The summed E-state index contributed by atoms with van der Waals surface area (Å²) in [6.45, 7) is 1.79. The van der Waals surface area contributed by atoms with Crippen LogP contribution >= 0.6 is 11.8 Å². The van der Waals surface area contributed by atoms with E-state index in [1.807, 2.05) is 0 Å². The molecule has 1 unspecified atom stereocenters. The molecule has 2 aromatic carbocycles. The van der Waals surface area contributed by atoms with Gasteiger partial charge in [-0.1, -0.05) is 12.1 Å². The number of esters is 2. The van der Waals surface area contributed by atoms with Crippen LogP contribution in [-0.4, -0.2) is 29.2 Å². The maximum absolute atomic E-state index is 12.1. The summed E-state index contributed by atoms with van der Waals surface area (Å²) in [5.74, 6) is -0.827. The number of hydrogen-bond donors (Lipinski definition) is 0. The van der Waals surface area contributed by atoms with Crippen molar-refractivity contribution in [3.63, 3.8) is 0 Å². The Balaban J connectivity index is 1.86. The predicted octanol–water partition coefficient (Wildman–Crippen LogP) is 3.61. The summed E-state index contributed by atoms with van der Waals surface area (Å²) in [4.78, 5) is 34.4. The zero-order valence-electron chi connectivity index (χ0n) is 14.2. The number of hydrogen-bond acceptors (Lipinski definition) is 7. The van der Waals surface area contributed by atoms with Gasteiger partial charge in [-0.05, 0) is 36.8 Å². The van der Waals surface area contributed by atoms with Crippen LogP contribution in [0.5, 0.6) is 0 Å². The van der Waals surface area contributed by atoms with Crippen molar-refractivity contribution in [1.82, 2.24) is 0 Å². The second-order valence-corrected chi connectivity index (χ2v) is 6.72. The average Bonchev–Trinajstić information content (AvgIpc) is 2.66. The van der Waals surface area contributed by atoms with Crippen molar-refractivity contribution in [3.8, 4) is 0 Å². The minimum absolute atomic E-state index is 0.0000175. The number of carbonyl (C=O) groups is 2. The van der Waals surface area contributed by atoms with Crippen molar-refractivity contribution in [2.75, 3.05) is 7.11 Å². The lowest BCUT2D eigenvalue weighted by molar-refractivity contribution is -0.384. The van der Waals surface area contributed by atoms with Gasteiger partial charge in [0, 0.05) is 17.0 Å². The lowest BCUT2D eigenvalue weighted by atomic mass is 10.1. The molecule has 0 saturated carbocycles. The van der Waals surface area contributed by atoms with Crippen molar-refractivity contribution in [1.29, 1.82) is 0 Å². The molecule has 2 aromatic rings. The minimum atomic E-state index is -0.475. The molecule has 0 radical (unpaired) electrons. The molecule has 2 rings (SSSR count). The Bertz CT molecular complexity index is 788. The van der Waals surface area contributed by atoms with E-state index in [0.29, 0.717) is 5.56 Å². The summed E-state index contributed by atoms with van der Waals surface area (Å²) in [6.07, 6.45) is 0. The molecule has 136 valence electrons. The summed E-state index contributed by atoms with van der Waals surface area (Å²) in [5, 5.41) is 10.2. The fourth-order valence-corrected chi connectivity index (χ4v) is 2.89. The Morgan fingerprint density at radius 2 is 1.73 bits per heavy atom. The van der Waals surface area contributed by atoms with Gasteiger partial charge < -0.3 is 9.47 Å². The number of nitro benzene ring substituents is 1. The molecule has 0 N–H and O–H groups in total. The fourth-order valence-electron chi connectivity index (χ4n) is 2.03. The van der Waals surface area contributed by atoms with E-state index in [1.54, 1.807) is 43.3 Å². The molecule has 0 aliphatic carbocycles. The zero-order chi connectivity index (χ0) is 19.1. The molecular weight excluding hydrogens is 358 g/mol. The maximum Gasteiger partial charge on any atom is 0.337 e. The summed E-state index contributed by atoms with van der Waals surface area (Å²) < 4.78 is 9.88. The Morgan fingerprint density at radius 3 is 2.27 bits per heavy atom. The van der Waals surface area contributed by atoms with Gasteiger partial charge in [-0.15, -0.1) is 11.8 Å². The molecule has 0 aromatic heterocycles. The maximum atomic E-state index is 12.1. The van der Waals surface area contributed by atoms with E-state index in [2.05, 4.69) is 4.74 Å². The second-order valence-electron chi connectivity index (χ2n) is 5.31. The van der Waals surface area contributed by atoms with Crippen LogP contribution in [0.25, 0.3) is 0 Å². The van der Waals surface area contributed by atoms with E-state index in [-0.39, 0.29) is 12.3 Å². The molecule has 0 amide bonds. The van der Waals surface area contributed by atoms with Crippen LogP contribution in [-0.2, 0) is 20.9 Å². The molecule has 26 heavy (non-hydrogen) atoms. The summed E-state index contributed by atoms with van der Waals surface area (Å²) >= 11 is 1.26. The molecule has 1 atom stereocenters. The third kappa shape index (κ3) is 5.32. The highest BCUT2D eigenvalue weighted by molar-refractivity contribution is 8.00. The van der Waals surface area contributed by atoms with E-state index in [0.717, 1.165) is 10.5 Å². The highest BCUT2D eigenvalue weighted by atomic mass is 32.2. The lowest BCUT2D eigenvalue weighted by Crippen LogP contribution is -2.16. The first-order chi connectivity index (χ1) is 12.4. The molecule has 0 spiro atoms. The minimum Gasteiger partial charge on any atom is -0.465 e. The van der Waals surface area contributed by atoms with E-state index >= 15 is 0 Å². The largest absolute Gasteiger partial charge is 0.465 e. The summed E-state index contributed by atoms with van der Waals surface area (Å²) in [7, 11) is 1.31. The molecule has 0 saturated heterocycles. The highest BCUT2D eigenvalue weighted by Gasteiger charge is 2.17. The van der Waals surface area contributed by atoms with Gasteiger partial charge in [-0.25, -0.2) is 4.79 Å². The van der Waals surface area contributed by atoms with Gasteiger partial charge in [-0.2, -0.15) is 0 Å². The van der Waals surface area contributed by atoms with Gasteiger partial charge >= 0.3 is 11.9 Å². The number of nitrogens with zero attached hydrogens (tertiary/aromatic N) is 1. The fraction of sp³-hybridized carbons (Fsp3) is 0.222. The van der Waals surface area contributed by atoms with Crippen molar-refractivity contribution in [2.45, 2.75) is 23.7 Å². The van der Waals surface area contributed by atoms with Crippen molar-refractivity contribution >= 4 is 29.4 Å². The van der Waals surface area contributed by atoms with E-state index in [4.69, 9.17) is 4.74 Å². The van der Waals surface area contributed by atoms with Crippen LogP contribution in [0, 0.1) is 10.1 Å². The number of ether oxygens (including phenoxy) is 2. The van der Waals surface area contributed by atoms with Gasteiger partial charge in [0.1, 0.15) is 11.9 Å². The highest BCUT2D eigenvalue weighted by Crippen LogP contribution is 2.26. The van der Waals surface area contributed by atoms with Crippen LogP contribution in [0.1, 0.15) is 22.8 Å². The van der Waals surface area contributed by atoms with Gasteiger partial charge in [0.2, 0.25) is 0 Å². The summed E-state index contributed by atoms with van der Waals surface area (Å²) in [6, 6.07) is 12.6. The van der Waals surface area contributed by atoms with Crippen LogP contribution in [0.3, 0.4) is 0 Å². The molecule has 7 nitrogen and oxygen atoms in total. The third-order valence-corrected chi connectivity index (χ3v) is 4.54. The SMILES string of the molecule is COC(=O)c1ccc(COC(=O)C(C)Sc2ccc([N+](=O)[O-])cc2)cc1. The van der Waals surface area contributed by atoms with Gasteiger partial charge in [-0.3, -0.25) is 14.9 Å². The topological polar surface area (TPSA) is 95.7 Å². The third-order valence-electron chi connectivity index (χ3n) is 3.45. The number of thioether (sulfide) groups is 1. The standard InChI is InChI=1S/C18H17NO6S/c1-12(26-16-9-7-15(8-10-16)19(22)23)17(20)25-11-13-3-5-14(6-4-13)18(21)24-2/h3-10,12H,11H2,1-2H3. The molecule has 8 heteroatoms. The van der Waals surface area contributed by atoms with Crippen molar-refractivity contribution in [2.24, 2.45) is 0 Å². The number of rotatable bonds is 7. The lowest BCUT2D eigenvalue weighted by Gasteiger charge is -2.11. The van der Waals surface area contributed by atoms with E-state index in [1.165, 1.54) is 31.0 Å². The first-order valence-corrected chi connectivity index (χ1v) is 8.53. The van der Waals surface area contributed by atoms with E-state index < -0.39 is 22.1 Å². The van der Waals surface area contributed by atoms with Crippen LogP contribution < -0.4 is 0 Å². The normalized spacial score (nSPS) is 11.5. The van der Waals surface area contributed by atoms with Crippen molar-refractivity contribution in [3.05, 3.63) is 69.8 Å². The Hall–Kier alpha value is -2.87. The van der Waals surface area contributed by atoms with Crippen LogP contribution in [0.2, 0.25) is 0 Å². The van der Waals surface area contributed by atoms with Gasteiger partial charge in [0.25, 0.3) is 5.69 Å². The van der Waals surface area contributed by atoms with Gasteiger partial charge in [0.15, 0.2) is 0 Å². The zero-order valence-corrected chi connectivity index (χ0v) is 15.0. The van der Waals surface area contributed by atoms with Crippen molar-refractivity contribution < 1.29 is 24.0 Å². The molecule has 0 fully saturated rings. The second kappa shape index (κ2) is 9.00. The predicted molar refractivity (Wildman–Crippen MR) is 96.0 cm³/mol. The first kappa shape index (κ1) is 19.5. The first-order valence-electron chi connectivity index (χ1n) is 7.65. The summed E-state index contributed by atoms with van der Waals surface area (Å²) in [5.41, 5.74) is 1.17.